The van der Waals surface area contributed by atoms with Crippen LogP contribution in [-0.2, 0) is 32.3 Å². The number of aliphatic hydroxyl groups excluding tert-OH is 2. The van der Waals surface area contributed by atoms with Gasteiger partial charge in [0.1, 0.15) is 37.5 Å². The summed E-state index contributed by atoms with van der Waals surface area (Å²) < 4.78 is 10.6. The fourth-order valence-corrected chi connectivity index (χ4v) is 5.26. The van der Waals surface area contributed by atoms with Crippen molar-refractivity contribution in [2.24, 2.45) is 11.8 Å². The van der Waals surface area contributed by atoms with E-state index in [4.69, 9.17) is 9.47 Å². The Hall–Kier alpha value is -4.24. The smallest absolute Gasteiger partial charge is 0.408 e. The summed E-state index contributed by atoms with van der Waals surface area (Å²) in [4.78, 5) is 52.5. The number of hydrogen-bond acceptors (Lipinski definition) is 10. The van der Waals surface area contributed by atoms with Crippen LogP contribution < -0.4 is 31.9 Å². The first-order valence-electron chi connectivity index (χ1n) is 18.2. The van der Waals surface area contributed by atoms with E-state index in [2.05, 4.69) is 31.9 Å². The van der Waals surface area contributed by atoms with Crippen molar-refractivity contribution in [3.63, 3.8) is 0 Å². The van der Waals surface area contributed by atoms with Gasteiger partial charge in [-0.05, 0) is 48.9 Å². The topological polar surface area (TPSA) is 199 Å². The first kappa shape index (κ1) is 43.9. The molecule has 0 aliphatic carbocycles. The van der Waals surface area contributed by atoms with Crippen LogP contribution in [0.1, 0.15) is 65.5 Å². The molecule has 0 radical (unpaired) electrons. The number of amides is 4. The number of aliphatic hydroxyl groups is 2. The van der Waals surface area contributed by atoms with Crippen molar-refractivity contribution in [2.45, 2.75) is 104 Å². The highest BCUT2D eigenvalue weighted by atomic mass is 16.6. The maximum absolute atomic E-state index is 13.6. The SMILES string of the molecule is CCCNC[C@H](NC(=O)[C@@H](NC(=O)OCc1ccccc1)C(C)C)[C@@H](O)[C@H](O)[C@H](CNCCC)NC(=O)[C@@H](NC(=O)OCc1ccccc1)C(C)C. The molecule has 0 heterocycles. The van der Waals surface area contributed by atoms with Crippen molar-refractivity contribution in [1.82, 2.24) is 31.9 Å². The van der Waals surface area contributed by atoms with Gasteiger partial charge in [0.25, 0.3) is 0 Å². The van der Waals surface area contributed by atoms with Crippen molar-refractivity contribution >= 4 is 24.0 Å². The van der Waals surface area contributed by atoms with Gasteiger partial charge in [-0.1, -0.05) is 102 Å². The summed E-state index contributed by atoms with van der Waals surface area (Å²) in [5.74, 6) is -1.85. The molecule has 6 atom stereocenters. The molecule has 2 aromatic rings. The first-order chi connectivity index (χ1) is 24.9. The number of hydrogen-bond donors (Lipinski definition) is 8. The Morgan fingerprint density at radius 2 is 0.923 bits per heavy atom. The molecule has 0 saturated heterocycles. The number of carbonyl (C=O) groups excluding carboxylic acids is 4. The lowest BCUT2D eigenvalue weighted by Gasteiger charge is -2.35. The third-order valence-corrected chi connectivity index (χ3v) is 8.28. The Kier molecular flexibility index (Phi) is 20.3. The Morgan fingerprint density at radius 1 is 0.577 bits per heavy atom. The van der Waals surface area contributed by atoms with E-state index in [9.17, 15) is 29.4 Å². The van der Waals surface area contributed by atoms with Crippen molar-refractivity contribution in [3.8, 4) is 0 Å². The summed E-state index contributed by atoms with van der Waals surface area (Å²) in [6, 6.07) is 14.2. The first-order valence-corrected chi connectivity index (χ1v) is 18.2. The van der Waals surface area contributed by atoms with Gasteiger partial charge in [-0.3, -0.25) is 9.59 Å². The van der Waals surface area contributed by atoms with Crippen LogP contribution in [0.2, 0.25) is 0 Å². The van der Waals surface area contributed by atoms with Gasteiger partial charge in [-0.15, -0.1) is 0 Å². The molecular weight excluding hydrogens is 668 g/mol. The molecule has 0 aromatic heterocycles. The van der Waals surface area contributed by atoms with E-state index in [1.807, 2.05) is 74.5 Å². The Bertz CT molecular complexity index is 1230. The molecule has 8 N–H and O–H groups in total. The zero-order valence-electron chi connectivity index (χ0n) is 31.4. The van der Waals surface area contributed by atoms with Crippen molar-refractivity contribution < 1.29 is 38.9 Å². The van der Waals surface area contributed by atoms with Crippen LogP contribution in [0.25, 0.3) is 0 Å². The monoisotopic (exact) mass is 728 g/mol. The molecule has 0 bridgehead atoms. The van der Waals surface area contributed by atoms with Crippen molar-refractivity contribution in [2.75, 3.05) is 26.2 Å². The maximum Gasteiger partial charge on any atom is 0.408 e. The third-order valence-electron chi connectivity index (χ3n) is 8.28. The van der Waals surface area contributed by atoms with E-state index in [1.165, 1.54) is 0 Å². The Balaban J connectivity index is 2.18. The number of alkyl carbamates (subject to hydrolysis) is 2. The fourth-order valence-electron chi connectivity index (χ4n) is 5.26. The molecule has 2 aromatic carbocycles. The molecule has 0 unspecified atom stereocenters. The summed E-state index contributed by atoms with van der Waals surface area (Å²) in [5, 5.41) is 40.3. The van der Waals surface area contributed by atoms with Crippen LogP contribution in [0.15, 0.2) is 60.7 Å². The van der Waals surface area contributed by atoms with E-state index < -0.39 is 60.4 Å². The molecule has 2 rings (SSSR count). The molecule has 0 aliphatic heterocycles. The maximum atomic E-state index is 13.6. The third kappa shape index (κ3) is 16.0. The van der Waals surface area contributed by atoms with E-state index in [0.29, 0.717) is 13.1 Å². The standard InChI is InChI=1S/C38H60N6O8/c1-7-19-39-21-29(41-35(47)31(25(3)4)43-37(49)51-23-27-15-11-9-12-16-27)33(45)34(46)30(22-40-20-8-2)42-36(48)32(26(5)6)44-38(50)52-24-28-17-13-10-14-18-28/h9-18,25-26,29-34,39-40,45-46H,7-8,19-24H2,1-6H3,(H,41,47)(H,42,48)(H,43,49)(H,44,50)/t29-,30-,31-,32-,33+,34+/m0/s1. The van der Waals surface area contributed by atoms with E-state index in [1.54, 1.807) is 27.7 Å². The molecule has 0 saturated carbocycles. The van der Waals surface area contributed by atoms with Crippen LogP contribution >= 0.6 is 0 Å². The van der Waals surface area contributed by atoms with Gasteiger partial charge in [0.2, 0.25) is 11.8 Å². The highest BCUT2D eigenvalue weighted by molar-refractivity contribution is 5.87. The number of nitrogens with one attached hydrogen (secondary N) is 6. The second-order valence-corrected chi connectivity index (χ2v) is 13.5. The van der Waals surface area contributed by atoms with Gasteiger partial charge in [-0.25, -0.2) is 9.59 Å². The van der Waals surface area contributed by atoms with Crippen molar-refractivity contribution in [1.29, 1.82) is 0 Å². The van der Waals surface area contributed by atoms with Gasteiger partial charge in [0, 0.05) is 13.1 Å². The van der Waals surface area contributed by atoms with Crippen LogP contribution in [0.3, 0.4) is 0 Å². The lowest BCUT2D eigenvalue weighted by Crippen LogP contribution is -2.64. The summed E-state index contributed by atoms with van der Waals surface area (Å²) in [6.45, 7) is 12.4. The van der Waals surface area contributed by atoms with Gasteiger partial charge in [-0.2, -0.15) is 0 Å². The van der Waals surface area contributed by atoms with E-state index >= 15 is 0 Å². The van der Waals surface area contributed by atoms with E-state index in [-0.39, 0.29) is 38.1 Å². The Labute approximate surface area is 308 Å². The zero-order valence-corrected chi connectivity index (χ0v) is 31.4. The van der Waals surface area contributed by atoms with Gasteiger partial charge < -0.3 is 51.6 Å². The van der Waals surface area contributed by atoms with Crippen LogP contribution in [-0.4, -0.2) is 96.8 Å². The predicted octanol–water partition coefficient (Wildman–Crippen LogP) is 2.58. The zero-order chi connectivity index (χ0) is 38.5. The minimum Gasteiger partial charge on any atom is -0.445 e. The molecule has 290 valence electrons. The minimum absolute atomic E-state index is 0.0226. The van der Waals surface area contributed by atoms with Crippen LogP contribution in [0, 0.1) is 11.8 Å². The normalized spacial score (nSPS) is 14.7. The number of rotatable bonds is 23. The van der Waals surface area contributed by atoms with Gasteiger partial charge >= 0.3 is 12.2 Å². The number of ether oxygens (including phenoxy) is 2. The molecule has 0 fully saturated rings. The average Bonchev–Trinajstić information content (AvgIpc) is 3.13. The number of benzene rings is 2. The van der Waals surface area contributed by atoms with Crippen molar-refractivity contribution in [3.05, 3.63) is 71.8 Å². The minimum atomic E-state index is -1.55. The average molecular weight is 729 g/mol. The molecule has 0 spiro atoms. The summed E-state index contributed by atoms with van der Waals surface area (Å²) in [7, 11) is 0. The van der Waals surface area contributed by atoms with Gasteiger partial charge in [0.05, 0.1) is 12.1 Å². The summed E-state index contributed by atoms with van der Waals surface area (Å²) >= 11 is 0. The molecule has 4 amide bonds. The second-order valence-electron chi connectivity index (χ2n) is 13.5. The quantitative estimate of drug-likeness (QED) is 0.0788. The Morgan fingerprint density at radius 3 is 1.23 bits per heavy atom. The molecule has 0 aliphatic rings. The summed E-state index contributed by atoms with van der Waals surface area (Å²) in [6.07, 6.45) is -3.11. The lowest BCUT2D eigenvalue weighted by molar-refractivity contribution is -0.129. The summed E-state index contributed by atoms with van der Waals surface area (Å²) in [5.41, 5.74) is 1.58. The highest BCUT2D eigenvalue weighted by Gasteiger charge is 2.37. The second kappa shape index (κ2) is 24.1. The molecule has 14 heteroatoms. The largest absolute Gasteiger partial charge is 0.445 e. The lowest BCUT2D eigenvalue weighted by atomic mass is 9.96. The molecule has 14 nitrogen and oxygen atoms in total. The fraction of sp³-hybridized carbons (Fsp3) is 0.579. The predicted molar refractivity (Wildman–Crippen MR) is 199 cm³/mol. The molecular formula is C38H60N6O8. The highest BCUT2D eigenvalue weighted by Crippen LogP contribution is 2.11. The van der Waals surface area contributed by atoms with Crippen LogP contribution in [0.5, 0.6) is 0 Å². The van der Waals surface area contributed by atoms with Gasteiger partial charge in [0.15, 0.2) is 0 Å². The van der Waals surface area contributed by atoms with E-state index in [0.717, 1.165) is 24.0 Å². The number of carbonyl (C=O) groups is 4. The van der Waals surface area contributed by atoms with Crippen LogP contribution in [0.4, 0.5) is 9.59 Å². The molecule has 52 heavy (non-hydrogen) atoms.